The van der Waals surface area contributed by atoms with E-state index < -0.39 is 0 Å². The van der Waals surface area contributed by atoms with Crippen LogP contribution in [0.1, 0.15) is 20.3 Å². The molecule has 0 aliphatic carbocycles. The molecule has 0 aromatic heterocycles. The molecule has 86 valence electrons. The molecular weight excluding hydrogens is 212 g/mol. The van der Waals surface area contributed by atoms with E-state index in [2.05, 4.69) is 12.2 Å². The number of thioether (sulfide) groups is 1. The van der Waals surface area contributed by atoms with Gasteiger partial charge in [-0.2, -0.15) is 11.8 Å². The van der Waals surface area contributed by atoms with Gasteiger partial charge in [-0.3, -0.25) is 9.59 Å². The van der Waals surface area contributed by atoms with Crippen molar-refractivity contribution >= 4 is 23.6 Å². The Labute approximate surface area is 94.8 Å². The number of hydrogen-bond donors (Lipinski definition) is 1. The molecule has 1 unspecified atom stereocenters. The second-order valence-electron chi connectivity index (χ2n) is 3.62. The number of nitrogens with zero attached hydrogens (tertiary/aromatic N) is 1. The number of carbonyl (C=O) groups is 2. The molecule has 0 aromatic carbocycles. The molecule has 5 heteroatoms. The molecule has 0 saturated carbocycles. The van der Waals surface area contributed by atoms with E-state index in [4.69, 9.17) is 0 Å². The van der Waals surface area contributed by atoms with Gasteiger partial charge in [0.1, 0.15) is 0 Å². The van der Waals surface area contributed by atoms with Crippen molar-refractivity contribution < 1.29 is 9.59 Å². The fraction of sp³-hybridized carbons (Fsp3) is 0.800. The zero-order valence-corrected chi connectivity index (χ0v) is 10.1. The Balaban J connectivity index is 2.50. The lowest BCUT2D eigenvalue weighted by molar-refractivity contribution is -0.131. The predicted octanol–water partition coefficient (Wildman–Crippen LogP) is 0.476. The van der Waals surface area contributed by atoms with Gasteiger partial charge < -0.3 is 10.2 Å². The largest absolute Gasteiger partial charge is 0.347 e. The van der Waals surface area contributed by atoms with Crippen molar-refractivity contribution in [1.82, 2.24) is 10.2 Å². The summed E-state index contributed by atoms with van der Waals surface area (Å²) in [6, 6.07) is 0.218. The highest BCUT2D eigenvalue weighted by Crippen LogP contribution is 2.10. The Morgan fingerprint density at radius 3 is 2.93 bits per heavy atom. The minimum absolute atomic E-state index is 0.0267. The molecule has 1 aliphatic heterocycles. The van der Waals surface area contributed by atoms with Crippen LogP contribution in [-0.4, -0.2) is 47.4 Å². The lowest BCUT2D eigenvalue weighted by Gasteiger charge is -2.27. The van der Waals surface area contributed by atoms with Crippen LogP contribution in [0.15, 0.2) is 0 Å². The van der Waals surface area contributed by atoms with Crippen molar-refractivity contribution in [2.45, 2.75) is 26.3 Å². The van der Waals surface area contributed by atoms with E-state index in [9.17, 15) is 9.59 Å². The van der Waals surface area contributed by atoms with E-state index in [-0.39, 0.29) is 24.4 Å². The average Bonchev–Trinajstić information content (AvgIpc) is 2.38. The van der Waals surface area contributed by atoms with Crippen LogP contribution in [0, 0.1) is 0 Å². The summed E-state index contributed by atoms with van der Waals surface area (Å²) in [5.74, 6) is 2.01. The van der Waals surface area contributed by atoms with E-state index in [1.165, 1.54) is 0 Å². The Kier molecular flexibility index (Phi) is 4.94. The highest BCUT2D eigenvalue weighted by molar-refractivity contribution is 7.99. The smallest absolute Gasteiger partial charge is 0.242 e. The zero-order valence-electron chi connectivity index (χ0n) is 9.28. The number of hydrogen-bond acceptors (Lipinski definition) is 3. The van der Waals surface area contributed by atoms with Crippen LogP contribution in [0.4, 0.5) is 0 Å². The molecule has 0 aromatic rings. The lowest BCUT2D eigenvalue weighted by Crippen LogP contribution is -2.42. The summed E-state index contributed by atoms with van der Waals surface area (Å²) < 4.78 is 0. The fourth-order valence-electron chi connectivity index (χ4n) is 1.56. The van der Waals surface area contributed by atoms with Crippen molar-refractivity contribution in [3.63, 3.8) is 0 Å². The molecule has 1 atom stereocenters. The van der Waals surface area contributed by atoms with E-state index in [1.54, 1.807) is 4.90 Å². The summed E-state index contributed by atoms with van der Waals surface area (Å²) in [6.45, 7) is 4.85. The van der Waals surface area contributed by atoms with Gasteiger partial charge in [-0.05, 0) is 12.7 Å². The van der Waals surface area contributed by atoms with E-state index in [0.717, 1.165) is 11.5 Å². The molecular formula is C10H18N2O2S. The van der Waals surface area contributed by atoms with E-state index in [0.29, 0.717) is 13.0 Å². The summed E-state index contributed by atoms with van der Waals surface area (Å²) >= 11 is 1.82. The summed E-state index contributed by atoms with van der Waals surface area (Å²) in [5.41, 5.74) is 0. The molecule has 2 amide bonds. The summed E-state index contributed by atoms with van der Waals surface area (Å²) in [4.78, 5) is 24.6. The first-order valence-corrected chi connectivity index (χ1v) is 6.44. The summed E-state index contributed by atoms with van der Waals surface area (Å²) in [6.07, 6.45) is 0.423. The molecule has 1 N–H and O–H groups in total. The molecule has 1 aliphatic rings. The van der Waals surface area contributed by atoms with Crippen LogP contribution in [0.5, 0.6) is 0 Å². The number of nitrogens with one attached hydrogen (secondary N) is 1. The van der Waals surface area contributed by atoms with Crippen molar-refractivity contribution in [2.75, 3.05) is 24.6 Å². The SMILES string of the molecule is CCSCC(C)N1CCC(=O)NCC1=O. The second-order valence-corrected chi connectivity index (χ2v) is 4.94. The first-order chi connectivity index (χ1) is 7.15. The number of carbonyl (C=O) groups excluding carboxylic acids is 2. The van der Waals surface area contributed by atoms with E-state index >= 15 is 0 Å². The topological polar surface area (TPSA) is 49.4 Å². The highest BCUT2D eigenvalue weighted by Gasteiger charge is 2.23. The van der Waals surface area contributed by atoms with Crippen LogP contribution in [-0.2, 0) is 9.59 Å². The molecule has 4 nitrogen and oxygen atoms in total. The average molecular weight is 230 g/mol. The maximum Gasteiger partial charge on any atom is 0.242 e. The van der Waals surface area contributed by atoms with Crippen LogP contribution in [0.2, 0.25) is 0 Å². The van der Waals surface area contributed by atoms with Crippen LogP contribution >= 0.6 is 11.8 Å². The molecule has 0 spiro atoms. The standard InChI is InChI=1S/C10H18N2O2S/c1-3-15-7-8(2)12-5-4-9(13)11-6-10(12)14/h8H,3-7H2,1-2H3,(H,11,13). The van der Waals surface area contributed by atoms with Gasteiger partial charge >= 0.3 is 0 Å². The van der Waals surface area contributed by atoms with Crippen molar-refractivity contribution in [2.24, 2.45) is 0 Å². The second kappa shape index (κ2) is 6.00. The number of amides is 2. The first kappa shape index (κ1) is 12.4. The van der Waals surface area contributed by atoms with Crippen LogP contribution in [0.25, 0.3) is 0 Å². The Hall–Kier alpha value is -0.710. The normalized spacial score (nSPS) is 19.7. The van der Waals surface area contributed by atoms with Gasteiger partial charge in [0.05, 0.1) is 6.54 Å². The van der Waals surface area contributed by atoms with Gasteiger partial charge in [0, 0.05) is 24.8 Å². The number of rotatable bonds is 4. The van der Waals surface area contributed by atoms with Crippen molar-refractivity contribution in [3.8, 4) is 0 Å². The van der Waals surface area contributed by atoms with Crippen LogP contribution < -0.4 is 5.32 Å². The van der Waals surface area contributed by atoms with Crippen LogP contribution in [0.3, 0.4) is 0 Å². The van der Waals surface area contributed by atoms with Crippen molar-refractivity contribution in [1.29, 1.82) is 0 Å². The molecule has 1 fully saturated rings. The monoisotopic (exact) mass is 230 g/mol. The summed E-state index contributed by atoms with van der Waals surface area (Å²) in [7, 11) is 0. The maximum absolute atomic E-state index is 11.7. The third kappa shape index (κ3) is 3.74. The lowest BCUT2D eigenvalue weighted by atomic mass is 10.3. The Bertz CT molecular complexity index is 246. The van der Waals surface area contributed by atoms with E-state index in [1.807, 2.05) is 18.7 Å². The first-order valence-electron chi connectivity index (χ1n) is 5.29. The molecule has 15 heavy (non-hydrogen) atoms. The Morgan fingerprint density at radius 2 is 2.27 bits per heavy atom. The van der Waals surface area contributed by atoms with Crippen molar-refractivity contribution in [3.05, 3.63) is 0 Å². The molecule has 1 saturated heterocycles. The van der Waals surface area contributed by atoms with Gasteiger partial charge in [0.25, 0.3) is 0 Å². The van der Waals surface area contributed by atoms with Gasteiger partial charge in [0.2, 0.25) is 11.8 Å². The fourth-order valence-corrected chi connectivity index (χ4v) is 2.31. The quantitative estimate of drug-likeness (QED) is 0.764. The minimum Gasteiger partial charge on any atom is -0.347 e. The minimum atomic E-state index is -0.0267. The molecule has 0 bridgehead atoms. The Morgan fingerprint density at radius 1 is 1.53 bits per heavy atom. The van der Waals surface area contributed by atoms with Gasteiger partial charge in [-0.1, -0.05) is 6.92 Å². The molecule has 0 radical (unpaired) electrons. The third-order valence-electron chi connectivity index (χ3n) is 2.43. The highest BCUT2D eigenvalue weighted by atomic mass is 32.2. The zero-order chi connectivity index (χ0) is 11.3. The molecule has 1 heterocycles. The summed E-state index contributed by atoms with van der Waals surface area (Å²) in [5, 5.41) is 2.60. The van der Waals surface area contributed by atoms with Gasteiger partial charge in [0.15, 0.2) is 0 Å². The maximum atomic E-state index is 11.7. The van der Waals surface area contributed by atoms with Gasteiger partial charge in [-0.15, -0.1) is 0 Å². The van der Waals surface area contributed by atoms with Gasteiger partial charge in [-0.25, -0.2) is 0 Å². The predicted molar refractivity (Wildman–Crippen MR) is 61.8 cm³/mol. The third-order valence-corrected chi connectivity index (χ3v) is 3.56. The molecule has 1 rings (SSSR count).